The zero-order chi connectivity index (χ0) is 18.2. The van der Waals surface area contributed by atoms with E-state index in [4.69, 9.17) is 5.26 Å². The number of nitrogens with zero attached hydrogens (tertiary/aromatic N) is 4. The molecule has 0 amide bonds. The Morgan fingerprint density at radius 1 is 1.38 bits per heavy atom. The largest absolute Gasteiger partial charge is 0.401 e. The summed E-state index contributed by atoms with van der Waals surface area (Å²) in [5.74, 6) is 0. The Morgan fingerprint density at radius 3 is 2.58 bits per heavy atom. The minimum absolute atomic E-state index is 0.0374. The Kier molecular flexibility index (Phi) is 4.90. The molecule has 0 N–H and O–H groups in total. The maximum Gasteiger partial charge on any atom is 0.401 e. The second kappa shape index (κ2) is 6.31. The molecule has 0 bridgehead atoms. The summed E-state index contributed by atoms with van der Waals surface area (Å²) in [6.45, 7) is 1.86. The fraction of sp³-hybridized carbons (Fsp3) is 0.571. The smallest absolute Gasteiger partial charge is 0.292 e. The van der Waals surface area contributed by atoms with Gasteiger partial charge in [-0.05, 0) is 26.0 Å². The monoisotopic (exact) mass is 362 g/mol. The molecule has 132 valence electrons. The number of halogens is 3. The molecule has 0 spiro atoms. The van der Waals surface area contributed by atoms with Gasteiger partial charge in [0.1, 0.15) is 11.0 Å². The summed E-state index contributed by atoms with van der Waals surface area (Å²) < 4.78 is 64.6. The van der Waals surface area contributed by atoms with E-state index in [1.807, 2.05) is 0 Å². The highest BCUT2D eigenvalue weighted by Crippen LogP contribution is 2.30. The van der Waals surface area contributed by atoms with Gasteiger partial charge < -0.3 is 0 Å². The van der Waals surface area contributed by atoms with Crippen LogP contribution in [0.3, 0.4) is 0 Å². The van der Waals surface area contributed by atoms with Gasteiger partial charge in [0.05, 0.1) is 6.54 Å². The molecule has 1 fully saturated rings. The summed E-state index contributed by atoms with van der Waals surface area (Å²) in [5, 5.41) is 9.05. The normalized spacial score (nSPS) is 19.8. The highest BCUT2D eigenvalue weighted by atomic mass is 32.2. The van der Waals surface area contributed by atoms with Crippen LogP contribution in [-0.2, 0) is 10.0 Å². The molecule has 0 unspecified atom stereocenters. The molecule has 0 radical (unpaired) electrons. The first-order valence-electron chi connectivity index (χ1n) is 7.14. The predicted molar refractivity (Wildman–Crippen MR) is 79.4 cm³/mol. The van der Waals surface area contributed by atoms with Crippen molar-refractivity contribution in [2.45, 2.75) is 30.5 Å². The van der Waals surface area contributed by atoms with Crippen LogP contribution >= 0.6 is 0 Å². The molecular weight excluding hydrogens is 345 g/mol. The van der Waals surface area contributed by atoms with Crippen LogP contribution < -0.4 is 0 Å². The molecule has 1 aliphatic heterocycles. The van der Waals surface area contributed by atoms with Crippen molar-refractivity contribution >= 4 is 10.0 Å². The maximum atomic E-state index is 12.9. The minimum Gasteiger partial charge on any atom is -0.292 e. The Hall–Kier alpha value is -1.70. The van der Waals surface area contributed by atoms with Crippen molar-refractivity contribution in [3.63, 3.8) is 0 Å². The van der Waals surface area contributed by atoms with Crippen LogP contribution in [0.4, 0.5) is 13.2 Å². The lowest BCUT2D eigenvalue weighted by molar-refractivity contribution is -0.152. The Labute approximate surface area is 138 Å². The third-order valence-electron chi connectivity index (χ3n) is 3.75. The van der Waals surface area contributed by atoms with E-state index in [9.17, 15) is 21.6 Å². The van der Waals surface area contributed by atoms with Crippen LogP contribution in [0.1, 0.15) is 19.5 Å². The van der Waals surface area contributed by atoms with E-state index in [1.165, 1.54) is 23.2 Å². The van der Waals surface area contributed by atoms with Gasteiger partial charge in [-0.1, -0.05) is 0 Å². The van der Waals surface area contributed by atoms with E-state index in [-0.39, 0.29) is 30.2 Å². The number of piperazine rings is 1. The molecule has 0 atom stereocenters. The van der Waals surface area contributed by atoms with Gasteiger partial charge >= 0.3 is 6.18 Å². The third-order valence-corrected chi connectivity index (χ3v) is 5.89. The average Bonchev–Trinajstić information content (AvgIpc) is 2.44. The summed E-state index contributed by atoms with van der Waals surface area (Å²) in [6, 6.07) is 4.41. The number of rotatable bonds is 3. The summed E-state index contributed by atoms with van der Waals surface area (Å²) >= 11 is 0. The van der Waals surface area contributed by atoms with Crippen molar-refractivity contribution in [2.75, 3.05) is 26.2 Å². The number of hydrogen-bond donors (Lipinski definition) is 0. The molecule has 1 aromatic rings. The van der Waals surface area contributed by atoms with Crippen molar-refractivity contribution in [2.24, 2.45) is 0 Å². The molecule has 0 aliphatic carbocycles. The second-order valence-corrected chi connectivity index (χ2v) is 8.01. The Balaban J connectivity index is 2.31. The van der Waals surface area contributed by atoms with Crippen LogP contribution in [0.5, 0.6) is 0 Å². The fourth-order valence-corrected chi connectivity index (χ4v) is 4.74. The van der Waals surface area contributed by atoms with E-state index in [0.29, 0.717) is 0 Å². The van der Waals surface area contributed by atoms with Gasteiger partial charge in [0, 0.05) is 31.4 Å². The van der Waals surface area contributed by atoms with Gasteiger partial charge in [-0.15, -0.1) is 0 Å². The molecule has 1 saturated heterocycles. The van der Waals surface area contributed by atoms with E-state index >= 15 is 0 Å². The van der Waals surface area contributed by atoms with Gasteiger partial charge in [0.15, 0.2) is 5.69 Å². The van der Waals surface area contributed by atoms with Crippen LogP contribution in [0.15, 0.2) is 23.2 Å². The van der Waals surface area contributed by atoms with Gasteiger partial charge in [-0.2, -0.15) is 22.7 Å². The van der Waals surface area contributed by atoms with E-state index in [2.05, 4.69) is 4.98 Å². The summed E-state index contributed by atoms with van der Waals surface area (Å²) in [6.07, 6.45) is -3.03. The number of nitriles is 1. The Morgan fingerprint density at radius 2 is 2.04 bits per heavy atom. The molecular formula is C14H17F3N4O2S. The molecule has 1 aliphatic rings. The van der Waals surface area contributed by atoms with Crippen LogP contribution in [-0.4, -0.2) is 60.5 Å². The van der Waals surface area contributed by atoms with Crippen molar-refractivity contribution in [1.82, 2.24) is 14.2 Å². The number of aromatic nitrogens is 1. The van der Waals surface area contributed by atoms with Gasteiger partial charge in [-0.25, -0.2) is 13.4 Å². The van der Waals surface area contributed by atoms with Crippen LogP contribution in [0, 0.1) is 11.3 Å². The zero-order valence-electron chi connectivity index (χ0n) is 13.2. The van der Waals surface area contributed by atoms with Crippen molar-refractivity contribution < 1.29 is 21.6 Å². The third kappa shape index (κ3) is 3.85. The van der Waals surface area contributed by atoms with Crippen LogP contribution in [0.2, 0.25) is 0 Å². The summed E-state index contributed by atoms with van der Waals surface area (Å²) in [7, 11) is -4.04. The first-order valence-corrected chi connectivity index (χ1v) is 8.58. The van der Waals surface area contributed by atoms with E-state index < -0.39 is 28.3 Å². The highest BCUT2D eigenvalue weighted by Gasteiger charge is 2.44. The molecule has 6 nitrogen and oxygen atoms in total. The Bertz CT molecular complexity index is 756. The first-order chi connectivity index (χ1) is 11.0. The second-order valence-electron chi connectivity index (χ2n) is 6.18. The first kappa shape index (κ1) is 18.6. The molecule has 24 heavy (non-hydrogen) atoms. The predicted octanol–water partition coefficient (Wildman–Crippen LogP) is 1.60. The SMILES string of the molecule is CC1(C)CN(CC(F)(F)F)CCN1S(=O)(=O)c1cccnc1C#N. The number of sulfonamides is 1. The summed E-state index contributed by atoms with van der Waals surface area (Å²) in [4.78, 5) is 4.69. The summed E-state index contributed by atoms with van der Waals surface area (Å²) in [5.41, 5.74) is -1.28. The minimum atomic E-state index is -4.34. The van der Waals surface area contributed by atoms with Crippen molar-refractivity contribution in [1.29, 1.82) is 5.26 Å². The average molecular weight is 362 g/mol. The molecule has 0 saturated carbocycles. The van der Waals surface area contributed by atoms with E-state index in [0.717, 1.165) is 4.31 Å². The standard InChI is InChI=1S/C14H17F3N4O2S/c1-13(2)9-20(10-14(15,16)17)6-7-21(13)24(22,23)12-4-3-5-19-11(12)8-18/h3-5H,6-7,9-10H2,1-2H3. The molecule has 0 aromatic carbocycles. The zero-order valence-corrected chi connectivity index (χ0v) is 14.0. The van der Waals surface area contributed by atoms with E-state index in [1.54, 1.807) is 19.9 Å². The lowest BCUT2D eigenvalue weighted by Gasteiger charge is -2.46. The van der Waals surface area contributed by atoms with Crippen LogP contribution in [0.25, 0.3) is 0 Å². The van der Waals surface area contributed by atoms with Gasteiger partial charge in [0.25, 0.3) is 0 Å². The molecule has 2 heterocycles. The maximum absolute atomic E-state index is 12.9. The fourth-order valence-electron chi connectivity index (χ4n) is 2.88. The quantitative estimate of drug-likeness (QED) is 0.816. The topological polar surface area (TPSA) is 77.3 Å². The number of alkyl halides is 3. The lowest BCUT2D eigenvalue weighted by Crippen LogP contribution is -2.61. The number of pyridine rings is 1. The van der Waals surface area contributed by atoms with Crippen molar-refractivity contribution in [3.05, 3.63) is 24.0 Å². The number of hydrogen-bond acceptors (Lipinski definition) is 5. The van der Waals surface area contributed by atoms with Gasteiger partial charge in [0.2, 0.25) is 10.0 Å². The lowest BCUT2D eigenvalue weighted by atomic mass is 10.0. The van der Waals surface area contributed by atoms with Gasteiger partial charge in [-0.3, -0.25) is 4.90 Å². The molecule has 10 heteroatoms. The van der Waals surface area contributed by atoms with Crippen molar-refractivity contribution in [3.8, 4) is 6.07 Å². The molecule has 1 aromatic heterocycles. The molecule has 2 rings (SSSR count). The highest BCUT2D eigenvalue weighted by molar-refractivity contribution is 7.89.